The van der Waals surface area contributed by atoms with Crippen molar-refractivity contribution < 1.29 is 16.8 Å². The molecule has 0 saturated carbocycles. The molecule has 1 atom stereocenters. The lowest BCUT2D eigenvalue weighted by Crippen LogP contribution is -2.47. The van der Waals surface area contributed by atoms with Gasteiger partial charge >= 0.3 is 0 Å². The Morgan fingerprint density at radius 3 is 2.41 bits per heavy atom. The first kappa shape index (κ1) is 13.3. The van der Waals surface area contributed by atoms with Crippen LogP contribution in [-0.4, -0.2) is 64.1 Å². The maximum atomic E-state index is 12.0. The molecule has 1 unspecified atom stereocenters. The lowest BCUT2D eigenvalue weighted by Gasteiger charge is -2.27. The van der Waals surface area contributed by atoms with Gasteiger partial charge in [-0.2, -0.15) is 4.31 Å². The second-order valence-corrected chi connectivity index (χ2v) is 8.94. The smallest absolute Gasteiger partial charge is 0.215 e. The molecule has 2 fully saturated rings. The van der Waals surface area contributed by atoms with Crippen LogP contribution in [0.25, 0.3) is 0 Å². The van der Waals surface area contributed by atoms with Gasteiger partial charge in [-0.25, -0.2) is 16.8 Å². The average molecular weight is 282 g/mol. The summed E-state index contributed by atoms with van der Waals surface area (Å²) in [5.74, 6) is -0.0122. The number of rotatable bonds is 3. The fourth-order valence-corrected chi connectivity index (χ4v) is 5.41. The molecule has 1 N–H and O–H groups in total. The van der Waals surface area contributed by atoms with Crippen LogP contribution in [0.15, 0.2) is 0 Å². The fraction of sp³-hybridized carbons (Fsp3) is 1.00. The summed E-state index contributed by atoms with van der Waals surface area (Å²) in [6, 6.07) is 0.0264. The minimum atomic E-state index is -3.31. The summed E-state index contributed by atoms with van der Waals surface area (Å²) < 4.78 is 47.9. The summed E-state index contributed by atoms with van der Waals surface area (Å²) in [6.07, 6.45) is 1.89. The Morgan fingerprint density at radius 1 is 1.24 bits per heavy atom. The van der Waals surface area contributed by atoms with Crippen LogP contribution < -0.4 is 5.32 Å². The van der Waals surface area contributed by atoms with Crippen molar-refractivity contribution >= 4 is 19.9 Å². The van der Waals surface area contributed by atoms with Crippen LogP contribution >= 0.6 is 0 Å². The van der Waals surface area contributed by atoms with E-state index in [1.807, 2.05) is 0 Å². The van der Waals surface area contributed by atoms with Crippen molar-refractivity contribution in [3.05, 3.63) is 0 Å². The molecular weight excluding hydrogens is 264 g/mol. The van der Waals surface area contributed by atoms with E-state index in [9.17, 15) is 16.8 Å². The molecule has 2 rings (SSSR count). The van der Waals surface area contributed by atoms with Crippen molar-refractivity contribution in [1.82, 2.24) is 9.62 Å². The van der Waals surface area contributed by atoms with E-state index >= 15 is 0 Å². The minimum absolute atomic E-state index is 0.0264. The van der Waals surface area contributed by atoms with Crippen molar-refractivity contribution in [1.29, 1.82) is 0 Å². The highest BCUT2D eigenvalue weighted by atomic mass is 32.2. The number of nitrogens with one attached hydrogen (secondary N) is 1. The van der Waals surface area contributed by atoms with Crippen LogP contribution in [0.5, 0.6) is 0 Å². The molecule has 2 heterocycles. The number of nitrogens with zero attached hydrogens (tertiary/aromatic N) is 1. The Hall–Kier alpha value is -0.180. The maximum absolute atomic E-state index is 12.0. The molecule has 0 radical (unpaired) electrons. The van der Waals surface area contributed by atoms with E-state index in [1.54, 1.807) is 0 Å². The molecule has 0 aliphatic carbocycles. The van der Waals surface area contributed by atoms with Gasteiger partial charge in [0.2, 0.25) is 10.0 Å². The molecule has 2 saturated heterocycles. The van der Waals surface area contributed by atoms with Crippen LogP contribution in [0.2, 0.25) is 0 Å². The molecule has 100 valence electrons. The van der Waals surface area contributed by atoms with Crippen LogP contribution in [0.3, 0.4) is 0 Å². The zero-order valence-corrected chi connectivity index (χ0v) is 11.3. The molecule has 0 bridgehead atoms. The molecule has 0 spiro atoms. The number of sulfonamides is 1. The van der Waals surface area contributed by atoms with Gasteiger partial charge in [-0.15, -0.1) is 0 Å². The van der Waals surface area contributed by atoms with Crippen molar-refractivity contribution in [3.63, 3.8) is 0 Å². The normalized spacial score (nSPS) is 30.5. The van der Waals surface area contributed by atoms with Crippen LogP contribution in [-0.2, 0) is 19.9 Å². The van der Waals surface area contributed by atoms with Crippen molar-refractivity contribution in [3.8, 4) is 0 Å². The van der Waals surface area contributed by atoms with Gasteiger partial charge in [-0.05, 0) is 19.4 Å². The Labute approximate surface area is 102 Å². The first-order valence-electron chi connectivity index (χ1n) is 5.81. The summed E-state index contributed by atoms with van der Waals surface area (Å²) in [5.41, 5.74) is 0. The van der Waals surface area contributed by atoms with Gasteiger partial charge in [0.25, 0.3) is 0 Å². The van der Waals surface area contributed by atoms with Crippen molar-refractivity contribution in [2.24, 2.45) is 0 Å². The second-order valence-electron chi connectivity index (χ2n) is 4.62. The molecule has 0 amide bonds. The van der Waals surface area contributed by atoms with Gasteiger partial charge in [0.05, 0.1) is 17.3 Å². The Balaban J connectivity index is 1.96. The van der Waals surface area contributed by atoms with Gasteiger partial charge in [0, 0.05) is 19.1 Å². The first-order chi connectivity index (χ1) is 7.89. The standard InChI is InChI=1S/C9H18N2O4S2/c12-16(13)6-4-11(5-7-16)17(14,15)8-9-2-1-3-10-9/h9-10H,1-8H2. The third kappa shape index (κ3) is 3.40. The third-order valence-electron chi connectivity index (χ3n) is 3.27. The van der Waals surface area contributed by atoms with E-state index in [4.69, 9.17) is 0 Å². The van der Waals surface area contributed by atoms with E-state index in [1.165, 1.54) is 4.31 Å². The zero-order chi connectivity index (χ0) is 12.5. The van der Waals surface area contributed by atoms with Gasteiger partial charge in [-0.1, -0.05) is 0 Å². The predicted octanol–water partition coefficient (Wildman–Crippen LogP) is -1.20. The highest BCUT2D eigenvalue weighted by Crippen LogP contribution is 2.14. The first-order valence-corrected chi connectivity index (χ1v) is 9.24. The van der Waals surface area contributed by atoms with E-state index in [0.29, 0.717) is 0 Å². The van der Waals surface area contributed by atoms with Gasteiger partial charge < -0.3 is 5.32 Å². The summed E-state index contributed by atoms with van der Waals surface area (Å²) in [4.78, 5) is 0. The molecule has 8 heteroatoms. The van der Waals surface area contributed by atoms with Crippen molar-refractivity contribution in [2.45, 2.75) is 18.9 Å². The predicted molar refractivity (Wildman–Crippen MR) is 65.0 cm³/mol. The Bertz CT molecular complexity index is 451. The van der Waals surface area contributed by atoms with Gasteiger partial charge in [0.15, 0.2) is 9.84 Å². The molecule has 17 heavy (non-hydrogen) atoms. The molecule has 2 aliphatic heterocycles. The number of hydrogen-bond acceptors (Lipinski definition) is 5. The lowest BCUT2D eigenvalue weighted by atomic mass is 10.3. The van der Waals surface area contributed by atoms with E-state index in [-0.39, 0.29) is 36.4 Å². The summed E-state index contributed by atoms with van der Waals surface area (Å²) in [6.45, 7) is 1.09. The lowest BCUT2D eigenvalue weighted by molar-refractivity contribution is 0.426. The number of hydrogen-bond donors (Lipinski definition) is 1. The van der Waals surface area contributed by atoms with Gasteiger partial charge in [-0.3, -0.25) is 0 Å². The second kappa shape index (κ2) is 4.83. The van der Waals surface area contributed by atoms with E-state index in [2.05, 4.69) is 5.32 Å². The van der Waals surface area contributed by atoms with Crippen molar-refractivity contribution in [2.75, 3.05) is 36.9 Å². The molecule has 0 aromatic heterocycles. The molecular formula is C9H18N2O4S2. The monoisotopic (exact) mass is 282 g/mol. The zero-order valence-electron chi connectivity index (χ0n) is 9.63. The minimum Gasteiger partial charge on any atom is -0.313 e. The molecule has 6 nitrogen and oxygen atoms in total. The molecule has 0 aromatic rings. The largest absolute Gasteiger partial charge is 0.313 e. The third-order valence-corrected chi connectivity index (χ3v) is 6.86. The summed E-state index contributed by atoms with van der Waals surface area (Å²) in [7, 11) is -6.34. The van der Waals surface area contributed by atoms with E-state index < -0.39 is 19.9 Å². The topological polar surface area (TPSA) is 83.6 Å². The van der Waals surface area contributed by atoms with Crippen LogP contribution in [0, 0.1) is 0 Å². The van der Waals surface area contributed by atoms with Crippen LogP contribution in [0.4, 0.5) is 0 Å². The number of sulfone groups is 1. The summed E-state index contributed by atoms with van der Waals surface area (Å²) in [5, 5.41) is 3.14. The quantitative estimate of drug-likeness (QED) is 0.703. The highest BCUT2D eigenvalue weighted by molar-refractivity contribution is 7.92. The van der Waals surface area contributed by atoms with Gasteiger partial charge in [0.1, 0.15) is 0 Å². The van der Waals surface area contributed by atoms with Crippen LogP contribution in [0.1, 0.15) is 12.8 Å². The highest BCUT2D eigenvalue weighted by Gasteiger charge is 2.32. The molecule has 0 aromatic carbocycles. The maximum Gasteiger partial charge on any atom is 0.215 e. The molecule has 2 aliphatic rings. The van der Waals surface area contributed by atoms with E-state index in [0.717, 1.165) is 19.4 Å². The Kier molecular flexibility index (Phi) is 3.77. The fourth-order valence-electron chi connectivity index (χ4n) is 2.23. The SMILES string of the molecule is O=S1(=O)CCN(S(=O)(=O)CC2CCCN2)CC1. The average Bonchev–Trinajstić information content (AvgIpc) is 2.68. The summed E-state index contributed by atoms with van der Waals surface area (Å²) >= 11 is 0. The Morgan fingerprint density at radius 2 is 1.88 bits per heavy atom.